The highest BCUT2D eigenvalue weighted by Crippen LogP contribution is 2.17. The number of nitrogens with zero attached hydrogens (tertiary/aromatic N) is 6. The lowest BCUT2D eigenvalue weighted by molar-refractivity contribution is -0.133. The summed E-state index contributed by atoms with van der Waals surface area (Å²) in [5.74, 6) is 0.408. The van der Waals surface area contributed by atoms with E-state index in [-0.39, 0.29) is 18.1 Å². The van der Waals surface area contributed by atoms with E-state index in [1.165, 1.54) is 18.3 Å². The van der Waals surface area contributed by atoms with Crippen molar-refractivity contribution in [3.05, 3.63) is 10.4 Å². The first-order chi connectivity index (χ1) is 9.90. The SMILES string of the molecule is CC(C)CCN=[N+]=[N-].CN1C(=O)C2NC=NC2N(C)C1=O. The summed E-state index contributed by atoms with van der Waals surface area (Å²) in [6.07, 6.45) is 2.08. The fraction of sp³-hybridized carbons (Fsp3) is 0.750. The van der Waals surface area contributed by atoms with Gasteiger partial charge in [-0.25, -0.2) is 9.79 Å². The van der Waals surface area contributed by atoms with Gasteiger partial charge in [-0.2, -0.15) is 0 Å². The zero-order valence-electron chi connectivity index (χ0n) is 12.7. The van der Waals surface area contributed by atoms with Crippen LogP contribution in [0.3, 0.4) is 0 Å². The van der Waals surface area contributed by atoms with Crippen molar-refractivity contribution in [1.29, 1.82) is 0 Å². The zero-order chi connectivity index (χ0) is 16.0. The van der Waals surface area contributed by atoms with Gasteiger partial charge in [0.15, 0.2) is 6.17 Å². The van der Waals surface area contributed by atoms with Gasteiger partial charge < -0.3 is 10.2 Å². The first kappa shape index (κ1) is 16.8. The highest BCUT2D eigenvalue weighted by molar-refractivity contribution is 6.01. The number of amides is 3. The molecule has 2 unspecified atom stereocenters. The molecule has 0 saturated carbocycles. The summed E-state index contributed by atoms with van der Waals surface area (Å²) in [6, 6.07) is -0.722. The minimum Gasteiger partial charge on any atom is -0.362 e. The summed E-state index contributed by atoms with van der Waals surface area (Å²) in [4.78, 5) is 32.1. The molecule has 3 amide bonds. The third-order valence-electron chi connectivity index (χ3n) is 3.23. The minimum atomic E-state index is -0.410. The Labute approximate surface area is 123 Å². The molecule has 2 aliphatic rings. The number of hydrogen-bond donors (Lipinski definition) is 1. The highest BCUT2D eigenvalue weighted by atomic mass is 16.2. The molecule has 2 rings (SSSR count). The Balaban J connectivity index is 0.000000240. The van der Waals surface area contributed by atoms with Gasteiger partial charge in [0.05, 0.1) is 6.34 Å². The van der Waals surface area contributed by atoms with E-state index < -0.39 is 6.04 Å². The van der Waals surface area contributed by atoms with Crippen LogP contribution in [0.25, 0.3) is 10.4 Å². The van der Waals surface area contributed by atoms with E-state index in [9.17, 15) is 9.59 Å². The molecule has 1 fully saturated rings. The molecule has 0 spiro atoms. The van der Waals surface area contributed by atoms with Crippen LogP contribution in [0.1, 0.15) is 20.3 Å². The average Bonchev–Trinajstić information content (AvgIpc) is 2.93. The second-order valence-electron chi connectivity index (χ2n) is 5.26. The van der Waals surface area contributed by atoms with Crippen molar-refractivity contribution in [3.8, 4) is 0 Å². The molecule has 0 radical (unpaired) electrons. The third kappa shape index (κ3) is 4.09. The normalized spacial score (nSPS) is 23.3. The van der Waals surface area contributed by atoms with E-state index in [0.717, 1.165) is 11.3 Å². The van der Waals surface area contributed by atoms with E-state index in [2.05, 4.69) is 34.2 Å². The summed E-state index contributed by atoms with van der Waals surface area (Å²) in [7, 11) is 3.10. The summed E-state index contributed by atoms with van der Waals surface area (Å²) in [5, 5.41) is 6.21. The second kappa shape index (κ2) is 7.49. The summed E-state index contributed by atoms with van der Waals surface area (Å²) in [6.45, 7) is 4.84. The van der Waals surface area contributed by atoms with Crippen molar-refractivity contribution in [2.45, 2.75) is 32.5 Å². The number of hydrogen-bond acceptors (Lipinski definition) is 5. The van der Waals surface area contributed by atoms with Gasteiger partial charge in [0.2, 0.25) is 0 Å². The van der Waals surface area contributed by atoms with Crippen LogP contribution in [0.2, 0.25) is 0 Å². The number of rotatable bonds is 3. The van der Waals surface area contributed by atoms with Crippen molar-refractivity contribution >= 4 is 18.3 Å². The van der Waals surface area contributed by atoms with Crippen molar-refractivity contribution < 1.29 is 9.59 Å². The lowest BCUT2D eigenvalue weighted by Gasteiger charge is -2.36. The van der Waals surface area contributed by atoms with Crippen LogP contribution < -0.4 is 5.32 Å². The number of likely N-dealkylation sites (N-methyl/N-ethyl adjacent to an activating group) is 2. The first-order valence-electron chi connectivity index (χ1n) is 6.73. The monoisotopic (exact) mass is 295 g/mol. The molecule has 116 valence electrons. The predicted octanol–water partition coefficient (Wildman–Crippen LogP) is 1.18. The number of nitrogens with one attached hydrogen (secondary N) is 1. The van der Waals surface area contributed by atoms with Gasteiger partial charge in [-0.15, -0.1) is 0 Å². The Morgan fingerprint density at radius 2 is 2.14 bits per heavy atom. The van der Waals surface area contributed by atoms with Crippen molar-refractivity contribution in [1.82, 2.24) is 15.1 Å². The van der Waals surface area contributed by atoms with Gasteiger partial charge in [-0.3, -0.25) is 9.69 Å². The van der Waals surface area contributed by atoms with Crippen LogP contribution in [-0.4, -0.2) is 60.9 Å². The van der Waals surface area contributed by atoms with E-state index in [1.54, 1.807) is 7.05 Å². The van der Waals surface area contributed by atoms with Crippen LogP contribution in [0.15, 0.2) is 10.1 Å². The second-order valence-corrected chi connectivity index (χ2v) is 5.26. The largest absolute Gasteiger partial charge is 0.362 e. The molecule has 21 heavy (non-hydrogen) atoms. The Morgan fingerprint density at radius 3 is 2.71 bits per heavy atom. The molecule has 1 N–H and O–H groups in total. The Hall–Kier alpha value is -2.28. The van der Waals surface area contributed by atoms with Gasteiger partial charge in [0.25, 0.3) is 5.91 Å². The molecular formula is C12H21N7O2. The number of aliphatic imine (C=N–C) groups is 1. The van der Waals surface area contributed by atoms with Crippen LogP contribution in [0.4, 0.5) is 4.79 Å². The van der Waals surface area contributed by atoms with Gasteiger partial charge in [0.1, 0.15) is 6.04 Å². The minimum absolute atomic E-state index is 0.231. The van der Waals surface area contributed by atoms with Crippen molar-refractivity contribution in [2.75, 3.05) is 20.6 Å². The first-order valence-corrected chi connectivity index (χ1v) is 6.73. The molecule has 0 aliphatic carbocycles. The summed E-state index contributed by atoms with van der Waals surface area (Å²) in [5.41, 5.74) is 7.84. The zero-order valence-corrected chi connectivity index (χ0v) is 12.7. The maximum absolute atomic E-state index is 11.5. The van der Waals surface area contributed by atoms with Crippen LogP contribution in [-0.2, 0) is 4.79 Å². The van der Waals surface area contributed by atoms with Crippen LogP contribution >= 0.6 is 0 Å². The molecular weight excluding hydrogens is 274 g/mol. The maximum atomic E-state index is 11.5. The summed E-state index contributed by atoms with van der Waals surface area (Å²) >= 11 is 0. The number of fused-ring (bicyclic) bond motifs is 1. The smallest absolute Gasteiger partial charge is 0.328 e. The van der Waals surface area contributed by atoms with Crippen LogP contribution in [0, 0.1) is 5.92 Å². The van der Waals surface area contributed by atoms with E-state index in [4.69, 9.17) is 5.53 Å². The molecule has 0 bridgehead atoms. The van der Waals surface area contributed by atoms with Crippen molar-refractivity contribution in [3.63, 3.8) is 0 Å². The average molecular weight is 295 g/mol. The number of carbonyl (C=O) groups excluding carboxylic acids is 2. The Bertz CT molecular complexity index is 470. The predicted molar refractivity (Wildman–Crippen MR) is 78.6 cm³/mol. The maximum Gasteiger partial charge on any atom is 0.328 e. The fourth-order valence-corrected chi connectivity index (χ4v) is 1.91. The number of imide groups is 1. The molecule has 0 aromatic carbocycles. The van der Waals surface area contributed by atoms with Gasteiger partial charge in [0, 0.05) is 25.6 Å². The topological polar surface area (TPSA) is 114 Å². The lowest BCUT2D eigenvalue weighted by Crippen LogP contribution is -2.62. The molecule has 0 aromatic heterocycles. The quantitative estimate of drug-likeness (QED) is 0.479. The standard InChI is InChI=1S/C7H10N4O2.C5H11N3/c1-10-5-4(8-3-9-5)6(12)11(2)7(10)13;1-5(2)3-4-7-8-6/h3-5H,1-2H3,(H,8,9);5H,3-4H2,1-2H3. The number of urea groups is 1. The Kier molecular flexibility index (Phi) is 5.98. The molecule has 2 atom stereocenters. The molecule has 9 nitrogen and oxygen atoms in total. The third-order valence-corrected chi connectivity index (χ3v) is 3.23. The molecule has 9 heteroatoms. The van der Waals surface area contributed by atoms with E-state index >= 15 is 0 Å². The molecule has 1 saturated heterocycles. The summed E-state index contributed by atoms with van der Waals surface area (Å²) < 4.78 is 0. The van der Waals surface area contributed by atoms with Crippen LogP contribution in [0.5, 0.6) is 0 Å². The highest BCUT2D eigenvalue weighted by Gasteiger charge is 2.44. The van der Waals surface area contributed by atoms with Crippen molar-refractivity contribution in [2.24, 2.45) is 16.0 Å². The van der Waals surface area contributed by atoms with Gasteiger partial charge in [-0.05, 0) is 17.9 Å². The molecule has 0 aromatic rings. The molecule has 2 aliphatic heterocycles. The van der Waals surface area contributed by atoms with E-state index in [1.807, 2.05) is 0 Å². The Morgan fingerprint density at radius 1 is 1.48 bits per heavy atom. The number of azide groups is 1. The fourth-order valence-electron chi connectivity index (χ4n) is 1.91. The van der Waals surface area contributed by atoms with Gasteiger partial charge in [-0.1, -0.05) is 19.0 Å². The molecule has 2 heterocycles. The van der Waals surface area contributed by atoms with Gasteiger partial charge >= 0.3 is 6.03 Å². The number of carbonyl (C=O) groups is 2. The van der Waals surface area contributed by atoms with E-state index in [0.29, 0.717) is 12.5 Å². The lowest BCUT2D eigenvalue weighted by atomic mass is 10.1.